The molecule has 0 bridgehead atoms. The highest BCUT2D eigenvalue weighted by atomic mass is 32.2. The van der Waals surface area contributed by atoms with Gasteiger partial charge in [0.05, 0.1) is 22.8 Å². The van der Waals surface area contributed by atoms with Crippen LogP contribution in [-0.4, -0.2) is 28.6 Å². The summed E-state index contributed by atoms with van der Waals surface area (Å²) in [6, 6.07) is 8.71. The van der Waals surface area contributed by atoms with E-state index in [1.54, 1.807) is 25.1 Å². The number of aryl methyl sites for hydroxylation is 1. The zero-order valence-electron chi connectivity index (χ0n) is 12.8. The van der Waals surface area contributed by atoms with E-state index >= 15 is 0 Å². The topological polar surface area (TPSA) is 58.6 Å². The number of hydrogen-bond donors (Lipinski definition) is 1. The number of benzene rings is 2. The van der Waals surface area contributed by atoms with Gasteiger partial charge in [0.25, 0.3) is 10.0 Å². The van der Waals surface area contributed by atoms with Crippen molar-refractivity contribution in [3.05, 3.63) is 47.8 Å². The molecule has 0 saturated carbocycles. The Kier molecular flexibility index (Phi) is 3.89. The minimum absolute atomic E-state index is 0.0567. The summed E-state index contributed by atoms with van der Waals surface area (Å²) in [6.45, 7) is 2.90. The van der Waals surface area contributed by atoms with Gasteiger partial charge in [-0.2, -0.15) is 0 Å². The third-order valence-corrected chi connectivity index (χ3v) is 5.27. The Morgan fingerprint density at radius 1 is 1.22 bits per heavy atom. The van der Waals surface area contributed by atoms with Gasteiger partial charge in [0, 0.05) is 7.05 Å². The molecule has 0 radical (unpaired) electrons. The number of fused-ring (bicyclic) bond motifs is 1. The molecule has 1 aliphatic heterocycles. The fourth-order valence-corrected chi connectivity index (χ4v) is 3.82. The molecular weight excluding hydrogens is 319 g/mol. The Hall–Kier alpha value is -2.28. The van der Waals surface area contributed by atoms with E-state index < -0.39 is 15.8 Å². The molecule has 0 spiro atoms. The Balaban J connectivity index is 1.93. The minimum Gasteiger partial charge on any atom is -0.490 e. The van der Waals surface area contributed by atoms with Crippen LogP contribution in [0.5, 0.6) is 5.75 Å². The maximum atomic E-state index is 13.2. The summed E-state index contributed by atoms with van der Waals surface area (Å²) >= 11 is 0. The van der Waals surface area contributed by atoms with Crippen LogP contribution in [0.4, 0.5) is 15.8 Å². The second kappa shape index (κ2) is 5.73. The van der Waals surface area contributed by atoms with E-state index in [0.29, 0.717) is 17.9 Å². The van der Waals surface area contributed by atoms with Crippen molar-refractivity contribution >= 4 is 21.4 Å². The molecule has 5 nitrogen and oxygen atoms in total. The van der Waals surface area contributed by atoms with E-state index in [-0.39, 0.29) is 4.90 Å². The van der Waals surface area contributed by atoms with Crippen LogP contribution in [0, 0.1) is 12.7 Å². The summed E-state index contributed by atoms with van der Waals surface area (Å²) in [5.41, 5.74) is 1.62. The van der Waals surface area contributed by atoms with Crippen molar-refractivity contribution in [2.45, 2.75) is 11.8 Å². The molecule has 2 aromatic rings. The first-order valence-corrected chi connectivity index (χ1v) is 8.62. The molecule has 3 rings (SSSR count). The van der Waals surface area contributed by atoms with Gasteiger partial charge in [0.2, 0.25) is 0 Å². The third-order valence-electron chi connectivity index (χ3n) is 3.73. The molecule has 1 aliphatic rings. The Labute approximate surface area is 134 Å². The average Bonchev–Trinajstić information content (AvgIpc) is 2.47. The summed E-state index contributed by atoms with van der Waals surface area (Å²) < 4.78 is 46.2. The molecule has 0 fully saturated rings. The monoisotopic (exact) mass is 336 g/mol. The van der Waals surface area contributed by atoms with E-state index in [1.807, 2.05) is 11.9 Å². The molecule has 1 N–H and O–H groups in total. The number of nitrogens with one attached hydrogen (secondary N) is 1. The highest BCUT2D eigenvalue weighted by Gasteiger charge is 2.20. The number of nitrogens with zero attached hydrogens (tertiary/aromatic N) is 1. The van der Waals surface area contributed by atoms with Crippen LogP contribution < -0.4 is 14.4 Å². The molecule has 23 heavy (non-hydrogen) atoms. The molecule has 0 aromatic heterocycles. The van der Waals surface area contributed by atoms with Crippen LogP contribution in [0.25, 0.3) is 0 Å². The van der Waals surface area contributed by atoms with Crippen molar-refractivity contribution in [2.75, 3.05) is 29.8 Å². The number of sulfonamides is 1. The molecule has 0 amide bonds. The van der Waals surface area contributed by atoms with Crippen molar-refractivity contribution in [2.24, 2.45) is 0 Å². The highest BCUT2D eigenvalue weighted by molar-refractivity contribution is 7.92. The lowest BCUT2D eigenvalue weighted by molar-refractivity contribution is 0.311. The maximum absolute atomic E-state index is 13.2. The van der Waals surface area contributed by atoms with Crippen LogP contribution >= 0.6 is 0 Å². The number of halogens is 1. The predicted octanol–water partition coefficient (Wildman–Crippen LogP) is 2.76. The fraction of sp³-hybridized carbons (Fsp3) is 0.250. The van der Waals surface area contributed by atoms with Crippen LogP contribution in [-0.2, 0) is 10.0 Å². The van der Waals surface area contributed by atoms with Crippen LogP contribution in [0.1, 0.15) is 5.56 Å². The predicted molar refractivity (Wildman–Crippen MR) is 87.2 cm³/mol. The minimum atomic E-state index is -3.78. The van der Waals surface area contributed by atoms with Gasteiger partial charge >= 0.3 is 0 Å². The van der Waals surface area contributed by atoms with E-state index in [4.69, 9.17) is 4.74 Å². The van der Waals surface area contributed by atoms with Gasteiger partial charge in [0.1, 0.15) is 18.2 Å². The quantitative estimate of drug-likeness (QED) is 0.936. The highest BCUT2D eigenvalue weighted by Crippen LogP contribution is 2.34. The SMILES string of the molecule is Cc1cc(F)ccc1S(=O)(=O)Nc1ccc2c(c1)N(C)CCO2. The molecule has 2 aromatic carbocycles. The van der Waals surface area contributed by atoms with Crippen molar-refractivity contribution in [1.29, 1.82) is 0 Å². The van der Waals surface area contributed by atoms with Gasteiger partial charge in [-0.15, -0.1) is 0 Å². The first kappa shape index (κ1) is 15.6. The van der Waals surface area contributed by atoms with E-state index in [2.05, 4.69) is 4.72 Å². The molecule has 122 valence electrons. The molecular formula is C16H17FN2O3S. The fourth-order valence-electron chi connectivity index (χ4n) is 2.54. The van der Waals surface area contributed by atoms with Crippen molar-refractivity contribution in [1.82, 2.24) is 0 Å². The first-order valence-electron chi connectivity index (χ1n) is 7.14. The lowest BCUT2D eigenvalue weighted by Crippen LogP contribution is -2.28. The maximum Gasteiger partial charge on any atom is 0.262 e. The lowest BCUT2D eigenvalue weighted by Gasteiger charge is -2.28. The Morgan fingerprint density at radius 2 is 2.00 bits per heavy atom. The molecule has 1 heterocycles. The van der Waals surface area contributed by atoms with Gasteiger partial charge < -0.3 is 9.64 Å². The third kappa shape index (κ3) is 3.10. The number of likely N-dealkylation sites (N-methyl/N-ethyl adjacent to an activating group) is 1. The van der Waals surface area contributed by atoms with Crippen LogP contribution in [0.15, 0.2) is 41.3 Å². The van der Waals surface area contributed by atoms with Crippen molar-refractivity contribution < 1.29 is 17.5 Å². The summed E-state index contributed by atoms with van der Waals surface area (Å²) in [5, 5.41) is 0. The molecule has 0 saturated heterocycles. The summed E-state index contributed by atoms with van der Waals surface area (Å²) in [7, 11) is -1.86. The van der Waals surface area contributed by atoms with Crippen molar-refractivity contribution in [3.63, 3.8) is 0 Å². The summed E-state index contributed by atoms with van der Waals surface area (Å²) in [6.07, 6.45) is 0. The zero-order valence-corrected chi connectivity index (χ0v) is 13.7. The Morgan fingerprint density at radius 3 is 2.74 bits per heavy atom. The van der Waals surface area contributed by atoms with E-state index in [1.165, 1.54) is 12.1 Å². The largest absolute Gasteiger partial charge is 0.490 e. The van der Waals surface area contributed by atoms with Crippen LogP contribution in [0.2, 0.25) is 0 Å². The summed E-state index contributed by atoms with van der Waals surface area (Å²) in [5.74, 6) is 0.258. The number of ether oxygens (including phenoxy) is 1. The summed E-state index contributed by atoms with van der Waals surface area (Å²) in [4.78, 5) is 2.06. The zero-order chi connectivity index (χ0) is 16.6. The molecule has 0 atom stereocenters. The van der Waals surface area contributed by atoms with Gasteiger partial charge in [-0.1, -0.05) is 0 Å². The number of hydrogen-bond acceptors (Lipinski definition) is 4. The van der Waals surface area contributed by atoms with Gasteiger partial charge in [0.15, 0.2) is 0 Å². The Bertz CT molecular complexity index is 852. The number of anilines is 2. The lowest BCUT2D eigenvalue weighted by atomic mass is 10.2. The van der Waals surface area contributed by atoms with E-state index in [9.17, 15) is 12.8 Å². The standard InChI is InChI=1S/C16H17FN2O3S/c1-11-9-12(17)3-6-16(11)23(20,21)18-13-4-5-15-14(10-13)19(2)7-8-22-15/h3-6,9-10,18H,7-8H2,1-2H3. The molecule has 0 aliphatic carbocycles. The number of rotatable bonds is 3. The van der Waals surface area contributed by atoms with Gasteiger partial charge in [-0.05, 0) is 48.9 Å². The second-order valence-electron chi connectivity index (χ2n) is 5.47. The first-order chi connectivity index (χ1) is 10.9. The molecule has 0 unspecified atom stereocenters. The average molecular weight is 336 g/mol. The van der Waals surface area contributed by atoms with Gasteiger partial charge in [-0.25, -0.2) is 12.8 Å². The van der Waals surface area contributed by atoms with Gasteiger partial charge in [-0.3, -0.25) is 4.72 Å². The van der Waals surface area contributed by atoms with E-state index in [0.717, 1.165) is 24.0 Å². The van der Waals surface area contributed by atoms with Crippen LogP contribution in [0.3, 0.4) is 0 Å². The molecule has 7 heteroatoms. The normalized spacial score (nSPS) is 14.1. The smallest absolute Gasteiger partial charge is 0.262 e. The van der Waals surface area contributed by atoms with Crippen molar-refractivity contribution in [3.8, 4) is 5.75 Å². The second-order valence-corrected chi connectivity index (χ2v) is 7.12.